The Morgan fingerprint density at radius 3 is 2.51 bits per heavy atom. The van der Waals surface area contributed by atoms with Crippen LogP contribution in [0.15, 0.2) is 55.3 Å². The predicted molar refractivity (Wildman–Crippen MR) is 170 cm³/mol. The maximum atomic E-state index is 5.25. The number of hydrogen-bond acceptors (Lipinski definition) is 4. The lowest BCUT2D eigenvalue weighted by molar-refractivity contribution is 0.641. The fraction of sp³-hybridized carbons (Fsp3) is 0.333. The zero-order valence-corrected chi connectivity index (χ0v) is 24.4. The van der Waals surface area contributed by atoms with Crippen molar-refractivity contribution in [1.29, 1.82) is 0 Å². The molecule has 39 heavy (non-hydrogen) atoms. The molecule has 0 radical (unpaired) electrons. The molecule has 0 saturated carbocycles. The highest BCUT2D eigenvalue weighted by Gasteiger charge is 1.98. The summed E-state index contributed by atoms with van der Waals surface area (Å²) in [5.74, 6) is 10.6. The van der Waals surface area contributed by atoms with Gasteiger partial charge in [-0.05, 0) is 57.9 Å². The van der Waals surface area contributed by atoms with Crippen molar-refractivity contribution in [2.45, 2.75) is 60.0 Å². The van der Waals surface area contributed by atoms with Gasteiger partial charge in [0.25, 0.3) is 0 Å². The Hall–Kier alpha value is -4.28. The molecule has 0 aliphatic carbocycles. The van der Waals surface area contributed by atoms with Gasteiger partial charge in [-0.3, -0.25) is 0 Å². The average molecular weight is 527 g/mol. The summed E-state index contributed by atoms with van der Waals surface area (Å²) in [6.45, 7) is 16.3. The summed E-state index contributed by atoms with van der Waals surface area (Å²) in [6.07, 6.45) is 31.8. The van der Waals surface area contributed by atoms with Gasteiger partial charge in [-0.1, -0.05) is 56.2 Å². The molecule has 6 heteroatoms. The number of aromatic amines is 2. The van der Waals surface area contributed by atoms with Crippen LogP contribution in [-0.4, -0.2) is 33.5 Å². The van der Waals surface area contributed by atoms with E-state index in [1.165, 1.54) is 5.57 Å². The summed E-state index contributed by atoms with van der Waals surface area (Å²) in [6, 6.07) is 0. The number of H-pyrrole nitrogens is 2. The molecule has 2 rings (SSSR count). The molecule has 6 nitrogen and oxygen atoms in total. The van der Waals surface area contributed by atoms with Crippen molar-refractivity contribution in [3.63, 3.8) is 0 Å². The first kappa shape index (κ1) is 36.9. The van der Waals surface area contributed by atoms with Crippen LogP contribution in [0.2, 0.25) is 0 Å². The number of imidazole rings is 2. The second-order valence-electron chi connectivity index (χ2n) is 7.31. The number of unbranched alkanes of at least 4 members (excludes halogenated alkanes) is 1. The molecule has 0 bridgehead atoms. The van der Waals surface area contributed by atoms with E-state index in [2.05, 4.69) is 92.6 Å². The van der Waals surface area contributed by atoms with Gasteiger partial charge in [0.05, 0.1) is 30.0 Å². The van der Waals surface area contributed by atoms with Crippen molar-refractivity contribution in [2.24, 2.45) is 0 Å². The van der Waals surface area contributed by atoms with E-state index < -0.39 is 0 Å². The molecular weight excluding hydrogens is 480 g/mol. The summed E-state index contributed by atoms with van der Waals surface area (Å²) in [4.78, 5) is 15.5. The first-order chi connectivity index (χ1) is 19.2. The van der Waals surface area contributed by atoms with Gasteiger partial charge < -0.3 is 20.6 Å². The number of nitrogens with one attached hydrogen (secondary N) is 4. The van der Waals surface area contributed by atoms with Gasteiger partial charge in [-0.2, -0.15) is 0 Å². The van der Waals surface area contributed by atoms with Gasteiger partial charge in [0.1, 0.15) is 17.3 Å². The van der Waals surface area contributed by atoms with Crippen LogP contribution in [0, 0.1) is 37.0 Å². The largest absolute Gasteiger partial charge is 0.341 e. The second-order valence-corrected chi connectivity index (χ2v) is 7.31. The van der Waals surface area contributed by atoms with Crippen molar-refractivity contribution in [1.82, 2.24) is 30.6 Å². The Balaban J connectivity index is 0. The average Bonchev–Trinajstić information content (AvgIpc) is 3.61. The van der Waals surface area contributed by atoms with Gasteiger partial charge in [0.15, 0.2) is 0 Å². The van der Waals surface area contributed by atoms with Crippen molar-refractivity contribution in [2.75, 3.05) is 13.6 Å². The lowest BCUT2D eigenvalue weighted by atomic mass is 10.1. The molecule has 0 aromatic carbocycles. The Kier molecular flexibility index (Phi) is 25.3. The molecule has 0 unspecified atom stereocenters. The second kappa shape index (κ2) is 26.8. The molecule has 0 spiro atoms. The molecule has 0 amide bonds. The third-order valence-corrected chi connectivity index (χ3v) is 4.64. The maximum absolute atomic E-state index is 5.25. The Labute approximate surface area is 236 Å². The van der Waals surface area contributed by atoms with Crippen LogP contribution in [0.5, 0.6) is 0 Å². The minimum Gasteiger partial charge on any atom is -0.341 e. The van der Waals surface area contributed by atoms with Gasteiger partial charge in [-0.15, -0.1) is 38.3 Å². The van der Waals surface area contributed by atoms with E-state index in [0.717, 1.165) is 53.8 Å². The van der Waals surface area contributed by atoms with Crippen LogP contribution in [-0.2, 0) is 13.1 Å². The monoisotopic (exact) mass is 526 g/mol. The normalized spacial score (nSPS) is 11.4. The van der Waals surface area contributed by atoms with Crippen LogP contribution in [0.25, 0.3) is 12.2 Å². The fourth-order valence-electron chi connectivity index (χ4n) is 3.08. The topological polar surface area (TPSA) is 81.4 Å². The number of hydrogen-bond donors (Lipinski definition) is 4. The number of terminal acetylenes is 2. The number of aromatic nitrogens is 4. The van der Waals surface area contributed by atoms with E-state index in [0.29, 0.717) is 13.1 Å². The summed E-state index contributed by atoms with van der Waals surface area (Å²) in [7, 11) is 1.91. The molecular formula is C33H46N6. The summed E-state index contributed by atoms with van der Waals surface area (Å²) in [5.41, 5.74) is 1.98. The smallest absolute Gasteiger partial charge is 0.121 e. The molecule has 0 saturated heterocycles. The van der Waals surface area contributed by atoms with E-state index in [-0.39, 0.29) is 0 Å². The van der Waals surface area contributed by atoms with Gasteiger partial charge in [0, 0.05) is 6.42 Å². The highest BCUT2D eigenvalue weighted by atomic mass is 15.0. The zero-order chi connectivity index (χ0) is 29.7. The van der Waals surface area contributed by atoms with E-state index in [4.69, 9.17) is 6.42 Å². The van der Waals surface area contributed by atoms with E-state index in [9.17, 15) is 0 Å². The molecule has 2 aromatic rings. The Morgan fingerprint density at radius 1 is 1.13 bits per heavy atom. The molecule has 0 aliphatic heterocycles. The summed E-state index contributed by atoms with van der Waals surface area (Å²) >= 11 is 0. The van der Waals surface area contributed by atoms with E-state index >= 15 is 0 Å². The van der Waals surface area contributed by atoms with Crippen molar-refractivity contribution in [3.8, 4) is 37.0 Å². The van der Waals surface area contributed by atoms with Gasteiger partial charge in [-0.25, -0.2) is 9.97 Å². The Bertz CT molecular complexity index is 1230. The lowest BCUT2D eigenvalue weighted by Gasteiger charge is -1.99. The maximum Gasteiger partial charge on any atom is 0.121 e. The van der Waals surface area contributed by atoms with Crippen molar-refractivity contribution in [3.05, 3.63) is 83.3 Å². The van der Waals surface area contributed by atoms with Gasteiger partial charge in [0.2, 0.25) is 0 Å². The minimum atomic E-state index is 0.679. The standard InChI is InChI=1S/C27H34N6.C2H6.C2H4.C2H2/c1-5-8-12-18-29-21-26-30-19-23(31-26)15-11-9-10-14-22(13-6-2)16-17-25-24(7-3)32-27(33-25)20-28-4;3*1-2/h1,6-7,9-10,13-14,17,19,28-29H,8,12,16,18,20-21H2,2-4H3,(H,30,31)(H,32,33);1-2H3;1-2H2;1-2H/b10-9+,13-6-,22-14+,24-7+,25-17+;;;. The van der Waals surface area contributed by atoms with Crippen molar-refractivity contribution >= 4 is 12.2 Å². The minimum absolute atomic E-state index is 0.679. The quantitative estimate of drug-likeness (QED) is 0.150. The first-order valence-electron chi connectivity index (χ1n) is 13.1. The summed E-state index contributed by atoms with van der Waals surface area (Å²) in [5, 5.41) is 8.45. The van der Waals surface area contributed by atoms with Crippen LogP contribution in [0.4, 0.5) is 0 Å². The van der Waals surface area contributed by atoms with Crippen LogP contribution >= 0.6 is 0 Å². The SMILES string of the molecule is C#C.C#CCCCNCc1ncc(C#C/C=C/C=C(\C=C/C)C/C=c2/[nH]c(CNC)n/c2=C/C)[nH]1.C=C.CC. The van der Waals surface area contributed by atoms with Crippen molar-refractivity contribution < 1.29 is 0 Å². The summed E-state index contributed by atoms with van der Waals surface area (Å²) < 4.78 is 0. The molecule has 4 N–H and O–H groups in total. The third kappa shape index (κ3) is 17.0. The highest BCUT2D eigenvalue weighted by Crippen LogP contribution is 2.05. The molecule has 208 valence electrons. The number of nitrogens with zero attached hydrogens (tertiary/aromatic N) is 2. The van der Waals surface area contributed by atoms with E-state index in [1.54, 1.807) is 6.20 Å². The Morgan fingerprint density at radius 2 is 1.87 bits per heavy atom. The molecule has 0 fully saturated rings. The zero-order valence-electron chi connectivity index (χ0n) is 24.4. The van der Waals surface area contributed by atoms with Crippen LogP contribution in [0.1, 0.15) is 64.3 Å². The van der Waals surface area contributed by atoms with Crippen LogP contribution < -0.4 is 21.3 Å². The third-order valence-electron chi connectivity index (χ3n) is 4.64. The predicted octanol–water partition coefficient (Wildman–Crippen LogP) is 4.51. The first-order valence-corrected chi connectivity index (χ1v) is 13.1. The molecule has 2 aromatic heterocycles. The lowest BCUT2D eigenvalue weighted by Crippen LogP contribution is -2.23. The van der Waals surface area contributed by atoms with E-state index in [1.807, 2.05) is 59.0 Å². The highest BCUT2D eigenvalue weighted by molar-refractivity contribution is 5.38. The van der Waals surface area contributed by atoms with Crippen LogP contribution in [0.3, 0.4) is 0 Å². The number of rotatable bonds is 11. The molecule has 2 heterocycles. The molecule has 0 aliphatic rings. The molecule has 0 atom stereocenters. The number of allylic oxidation sites excluding steroid dienone is 6. The van der Waals surface area contributed by atoms with Gasteiger partial charge >= 0.3 is 0 Å². The fourth-order valence-corrected chi connectivity index (χ4v) is 3.08.